The largest absolute Gasteiger partial charge is 0.396 e. The van der Waals surface area contributed by atoms with Gasteiger partial charge in [-0.1, -0.05) is 18.2 Å². The fourth-order valence-electron chi connectivity index (χ4n) is 2.75. The standard InChI is InChI=1S/C15H22N2O2/c16-15(19)13-8-10-17(9-4-1-5-11-18)14-7-3-2-6-12(13)14/h2-3,6-7,13,18H,1,4-5,8-11H2,(H2,16,19). The third-order valence-electron chi connectivity index (χ3n) is 3.77. The van der Waals surface area contributed by atoms with E-state index in [4.69, 9.17) is 10.8 Å². The van der Waals surface area contributed by atoms with E-state index in [1.165, 1.54) is 0 Å². The first-order valence-corrected chi connectivity index (χ1v) is 6.98. The molecule has 1 aromatic carbocycles. The van der Waals surface area contributed by atoms with Gasteiger partial charge in [-0.05, 0) is 37.3 Å². The van der Waals surface area contributed by atoms with Gasteiger partial charge in [0.05, 0.1) is 5.92 Å². The summed E-state index contributed by atoms with van der Waals surface area (Å²) in [5.41, 5.74) is 7.68. The quantitative estimate of drug-likeness (QED) is 0.766. The van der Waals surface area contributed by atoms with Gasteiger partial charge in [0.25, 0.3) is 0 Å². The fraction of sp³-hybridized carbons (Fsp3) is 0.533. The second-order valence-electron chi connectivity index (χ2n) is 5.07. The second kappa shape index (κ2) is 6.57. The summed E-state index contributed by atoms with van der Waals surface area (Å²) in [5, 5.41) is 8.79. The van der Waals surface area contributed by atoms with E-state index in [-0.39, 0.29) is 18.4 Å². The van der Waals surface area contributed by atoms with Crippen molar-refractivity contribution in [3.63, 3.8) is 0 Å². The molecule has 1 unspecified atom stereocenters. The molecular formula is C15H22N2O2. The zero-order chi connectivity index (χ0) is 13.7. The molecule has 1 aliphatic rings. The molecule has 0 aromatic heterocycles. The molecule has 0 spiro atoms. The topological polar surface area (TPSA) is 66.6 Å². The van der Waals surface area contributed by atoms with Crippen molar-refractivity contribution in [3.05, 3.63) is 29.8 Å². The predicted molar refractivity (Wildman–Crippen MR) is 76.1 cm³/mol. The number of aliphatic hydroxyl groups is 1. The van der Waals surface area contributed by atoms with E-state index >= 15 is 0 Å². The number of hydrogen-bond donors (Lipinski definition) is 2. The van der Waals surface area contributed by atoms with Crippen molar-refractivity contribution in [2.24, 2.45) is 5.73 Å². The smallest absolute Gasteiger partial charge is 0.225 e. The first-order valence-electron chi connectivity index (χ1n) is 6.98. The summed E-state index contributed by atoms with van der Waals surface area (Å²) in [6.45, 7) is 2.12. The van der Waals surface area contributed by atoms with E-state index in [0.29, 0.717) is 0 Å². The maximum atomic E-state index is 11.5. The Morgan fingerprint density at radius 1 is 1.32 bits per heavy atom. The van der Waals surface area contributed by atoms with Crippen molar-refractivity contribution in [2.45, 2.75) is 31.6 Å². The van der Waals surface area contributed by atoms with Gasteiger partial charge >= 0.3 is 0 Å². The predicted octanol–water partition coefficient (Wildman–Crippen LogP) is 1.63. The Kier molecular flexibility index (Phi) is 4.80. The number of carbonyl (C=O) groups excluding carboxylic acids is 1. The first-order chi connectivity index (χ1) is 9.24. The number of hydrogen-bond acceptors (Lipinski definition) is 3. The SMILES string of the molecule is NC(=O)C1CCN(CCCCCO)c2ccccc21. The molecule has 4 nitrogen and oxygen atoms in total. The summed E-state index contributed by atoms with van der Waals surface area (Å²) in [6.07, 6.45) is 3.76. The fourth-order valence-corrected chi connectivity index (χ4v) is 2.75. The zero-order valence-corrected chi connectivity index (χ0v) is 11.2. The van der Waals surface area contributed by atoms with Crippen LogP contribution in [0.3, 0.4) is 0 Å². The Bertz CT molecular complexity index is 434. The highest BCUT2D eigenvalue weighted by molar-refractivity contribution is 5.85. The number of benzene rings is 1. The van der Waals surface area contributed by atoms with Crippen LogP contribution in [0.15, 0.2) is 24.3 Å². The molecule has 3 N–H and O–H groups in total. The molecule has 1 heterocycles. The van der Waals surface area contributed by atoms with E-state index in [1.807, 2.05) is 18.2 Å². The zero-order valence-electron chi connectivity index (χ0n) is 11.2. The number of primary amides is 1. The summed E-state index contributed by atoms with van der Waals surface area (Å²) in [6, 6.07) is 8.04. The van der Waals surface area contributed by atoms with Gasteiger partial charge in [-0.15, -0.1) is 0 Å². The number of para-hydroxylation sites is 1. The maximum absolute atomic E-state index is 11.5. The van der Waals surface area contributed by atoms with E-state index in [2.05, 4.69) is 11.0 Å². The van der Waals surface area contributed by atoms with E-state index in [0.717, 1.165) is 50.0 Å². The van der Waals surface area contributed by atoms with Crippen LogP contribution < -0.4 is 10.6 Å². The molecular weight excluding hydrogens is 240 g/mol. The molecule has 4 heteroatoms. The van der Waals surface area contributed by atoms with Gasteiger partial charge in [-0.25, -0.2) is 0 Å². The molecule has 0 saturated carbocycles. The molecule has 1 aromatic rings. The Morgan fingerprint density at radius 2 is 2.11 bits per heavy atom. The normalized spacial score (nSPS) is 18.2. The average molecular weight is 262 g/mol. The van der Waals surface area contributed by atoms with Crippen LogP contribution in [0.4, 0.5) is 5.69 Å². The lowest BCUT2D eigenvalue weighted by Gasteiger charge is -2.34. The van der Waals surface area contributed by atoms with Crippen molar-refractivity contribution < 1.29 is 9.90 Å². The van der Waals surface area contributed by atoms with Crippen LogP contribution in [-0.4, -0.2) is 30.7 Å². The van der Waals surface area contributed by atoms with Gasteiger partial charge in [0.1, 0.15) is 0 Å². The number of anilines is 1. The molecule has 1 atom stereocenters. The minimum absolute atomic E-state index is 0.148. The van der Waals surface area contributed by atoms with Crippen molar-refractivity contribution in [1.82, 2.24) is 0 Å². The maximum Gasteiger partial charge on any atom is 0.225 e. The molecule has 2 rings (SSSR count). The number of carbonyl (C=O) groups is 1. The number of fused-ring (bicyclic) bond motifs is 1. The van der Waals surface area contributed by atoms with Crippen LogP contribution in [0.25, 0.3) is 0 Å². The van der Waals surface area contributed by atoms with Crippen molar-refractivity contribution >= 4 is 11.6 Å². The van der Waals surface area contributed by atoms with Gasteiger partial charge in [-0.2, -0.15) is 0 Å². The van der Waals surface area contributed by atoms with E-state index < -0.39 is 0 Å². The summed E-state index contributed by atoms with van der Waals surface area (Å²) >= 11 is 0. The number of amides is 1. The molecule has 0 saturated heterocycles. The molecule has 0 radical (unpaired) electrons. The van der Waals surface area contributed by atoms with Crippen molar-refractivity contribution in [2.75, 3.05) is 24.6 Å². The Balaban J connectivity index is 2.07. The van der Waals surface area contributed by atoms with Gasteiger partial charge in [0.15, 0.2) is 0 Å². The summed E-state index contributed by atoms with van der Waals surface area (Å²) < 4.78 is 0. The van der Waals surface area contributed by atoms with Crippen LogP contribution in [-0.2, 0) is 4.79 Å². The number of aliphatic hydroxyl groups excluding tert-OH is 1. The van der Waals surface area contributed by atoms with Gasteiger partial charge < -0.3 is 15.7 Å². The minimum Gasteiger partial charge on any atom is -0.396 e. The third-order valence-corrected chi connectivity index (χ3v) is 3.77. The van der Waals surface area contributed by atoms with Crippen molar-refractivity contribution in [1.29, 1.82) is 0 Å². The van der Waals surface area contributed by atoms with Crippen molar-refractivity contribution in [3.8, 4) is 0 Å². The van der Waals surface area contributed by atoms with Gasteiger partial charge in [0.2, 0.25) is 5.91 Å². The van der Waals surface area contributed by atoms with Crippen LogP contribution in [0.2, 0.25) is 0 Å². The molecule has 1 aliphatic heterocycles. The number of nitrogens with two attached hydrogens (primary N) is 1. The Labute approximate surface area is 114 Å². The summed E-state index contributed by atoms with van der Waals surface area (Å²) in [7, 11) is 0. The molecule has 0 aliphatic carbocycles. The highest BCUT2D eigenvalue weighted by atomic mass is 16.2. The number of rotatable bonds is 6. The van der Waals surface area contributed by atoms with Crippen LogP contribution in [0.5, 0.6) is 0 Å². The lowest BCUT2D eigenvalue weighted by molar-refractivity contribution is -0.119. The molecule has 0 fully saturated rings. The number of unbranched alkanes of at least 4 members (excludes halogenated alkanes) is 2. The summed E-state index contributed by atoms with van der Waals surface area (Å²) in [4.78, 5) is 13.8. The minimum atomic E-state index is -0.229. The van der Waals surface area contributed by atoms with Crippen LogP contribution in [0, 0.1) is 0 Å². The van der Waals surface area contributed by atoms with Gasteiger partial charge in [0, 0.05) is 25.4 Å². The molecule has 19 heavy (non-hydrogen) atoms. The monoisotopic (exact) mass is 262 g/mol. The van der Waals surface area contributed by atoms with Gasteiger partial charge in [-0.3, -0.25) is 4.79 Å². The van der Waals surface area contributed by atoms with Crippen LogP contribution in [0.1, 0.15) is 37.2 Å². The molecule has 1 amide bonds. The first kappa shape index (κ1) is 13.9. The lowest BCUT2D eigenvalue weighted by atomic mass is 9.89. The highest BCUT2D eigenvalue weighted by Gasteiger charge is 2.27. The average Bonchev–Trinajstić information content (AvgIpc) is 2.43. The molecule has 0 bridgehead atoms. The Morgan fingerprint density at radius 3 is 2.84 bits per heavy atom. The lowest BCUT2D eigenvalue weighted by Crippen LogP contribution is -2.36. The Hall–Kier alpha value is -1.55. The second-order valence-corrected chi connectivity index (χ2v) is 5.07. The third kappa shape index (κ3) is 3.26. The van der Waals surface area contributed by atoms with Crippen LogP contribution >= 0.6 is 0 Å². The summed E-state index contributed by atoms with van der Waals surface area (Å²) in [5.74, 6) is -0.378. The highest BCUT2D eigenvalue weighted by Crippen LogP contribution is 2.34. The van der Waals surface area contributed by atoms with E-state index in [1.54, 1.807) is 0 Å². The van der Waals surface area contributed by atoms with E-state index in [9.17, 15) is 4.79 Å². The number of nitrogens with zero attached hydrogens (tertiary/aromatic N) is 1. The molecule has 104 valence electrons.